The number of carbonyl (C=O) groups excluding carboxylic acids is 1. The van der Waals surface area contributed by atoms with Gasteiger partial charge in [0.05, 0.1) is 11.1 Å². The summed E-state index contributed by atoms with van der Waals surface area (Å²) in [6.07, 6.45) is 1.56. The number of hydrogen-bond acceptors (Lipinski definition) is 2. The molecule has 0 saturated carbocycles. The van der Waals surface area contributed by atoms with E-state index >= 15 is 0 Å². The molecule has 0 aliphatic heterocycles. The molecule has 0 atom stereocenters. The maximum Gasteiger partial charge on any atom is 0.231 e. The van der Waals surface area contributed by atoms with Gasteiger partial charge in [-0.15, -0.1) is 11.6 Å². The second kappa shape index (κ2) is 4.81. The molecule has 1 amide bonds. The number of carbonyl (C=O) groups is 1. The van der Waals surface area contributed by atoms with E-state index in [2.05, 4.69) is 10.3 Å². The molecule has 1 rings (SSSR count). The average molecular weight is 247 g/mol. The number of nitrogens with zero attached hydrogens (tertiary/aromatic N) is 1. The monoisotopic (exact) mass is 246 g/mol. The van der Waals surface area contributed by atoms with Crippen LogP contribution in [-0.2, 0) is 4.79 Å². The van der Waals surface area contributed by atoms with Crippen molar-refractivity contribution < 1.29 is 4.79 Å². The van der Waals surface area contributed by atoms with Gasteiger partial charge in [0, 0.05) is 12.1 Å². The van der Waals surface area contributed by atoms with Crippen molar-refractivity contribution in [3.05, 3.63) is 23.5 Å². The third kappa shape index (κ3) is 3.08. The minimum absolute atomic E-state index is 0.174. The second-order valence-electron chi connectivity index (χ2n) is 3.81. The van der Waals surface area contributed by atoms with Gasteiger partial charge in [-0.25, -0.2) is 4.98 Å². The van der Waals surface area contributed by atoms with Crippen LogP contribution in [0.4, 0.5) is 5.69 Å². The minimum atomic E-state index is -0.624. The summed E-state index contributed by atoms with van der Waals surface area (Å²) >= 11 is 11.5. The lowest BCUT2D eigenvalue weighted by atomic mass is 9.95. The van der Waals surface area contributed by atoms with Gasteiger partial charge in [0.2, 0.25) is 5.91 Å². The first-order valence-electron chi connectivity index (χ1n) is 4.45. The normalized spacial score (nSPS) is 11.2. The quantitative estimate of drug-likeness (QED) is 0.659. The molecule has 0 radical (unpaired) electrons. The van der Waals surface area contributed by atoms with Crippen molar-refractivity contribution >= 4 is 34.8 Å². The number of alkyl halides is 1. The van der Waals surface area contributed by atoms with Crippen molar-refractivity contribution in [2.24, 2.45) is 5.41 Å². The van der Waals surface area contributed by atoms with Crippen LogP contribution in [0.5, 0.6) is 0 Å². The molecule has 3 nitrogen and oxygen atoms in total. The Labute approximate surface area is 98.8 Å². The molecular formula is C10H12Cl2N2O. The van der Waals surface area contributed by atoms with Crippen LogP contribution >= 0.6 is 23.2 Å². The summed E-state index contributed by atoms with van der Waals surface area (Å²) in [4.78, 5) is 15.6. The minimum Gasteiger partial charge on any atom is -0.323 e. The maximum absolute atomic E-state index is 11.7. The molecule has 0 unspecified atom stereocenters. The third-order valence-corrected chi connectivity index (χ3v) is 2.93. The van der Waals surface area contributed by atoms with Crippen molar-refractivity contribution in [1.29, 1.82) is 0 Å². The highest BCUT2D eigenvalue weighted by atomic mass is 35.5. The fourth-order valence-electron chi connectivity index (χ4n) is 0.831. The standard InChI is InChI=1S/C10H12Cl2N2O/c1-10(2,6-11)9(15)14-7-4-3-5-13-8(7)12/h3-5H,6H2,1-2H3,(H,14,15). The molecule has 0 aliphatic rings. The van der Waals surface area contributed by atoms with Crippen LogP contribution in [0, 0.1) is 5.41 Å². The predicted molar refractivity (Wildman–Crippen MR) is 62.4 cm³/mol. The number of amides is 1. The second-order valence-corrected chi connectivity index (χ2v) is 4.44. The summed E-state index contributed by atoms with van der Waals surface area (Å²) < 4.78 is 0. The summed E-state index contributed by atoms with van der Waals surface area (Å²) in [5, 5.41) is 2.96. The Morgan fingerprint density at radius 3 is 2.80 bits per heavy atom. The van der Waals surface area contributed by atoms with E-state index in [-0.39, 0.29) is 16.9 Å². The van der Waals surface area contributed by atoms with Gasteiger partial charge in [-0.2, -0.15) is 0 Å². The number of hydrogen-bond donors (Lipinski definition) is 1. The molecule has 1 N–H and O–H groups in total. The first kappa shape index (κ1) is 12.3. The number of rotatable bonds is 3. The van der Waals surface area contributed by atoms with Crippen molar-refractivity contribution in [3.8, 4) is 0 Å². The fourth-order valence-corrected chi connectivity index (χ4v) is 1.12. The van der Waals surface area contributed by atoms with Crippen LogP contribution in [0.1, 0.15) is 13.8 Å². The summed E-state index contributed by atoms with van der Waals surface area (Å²) in [6, 6.07) is 3.40. The Hall–Kier alpha value is -0.800. The van der Waals surface area contributed by atoms with Crippen LogP contribution in [-0.4, -0.2) is 16.8 Å². The van der Waals surface area contributed by atoms with Crippen molar-refractivity contribution in [1.82, 2.24) is 4.98 Å². The summed E-state index contributed by atoms with van der Waals surface area (Å²) in [6.45, 7) is 3.53. The Balaban J connectivity index is 2.80. The van der Waals surface area contributed by atoms with Gasteiger partial charge in [-0.3, -0.25) is 4.79 Å². The smallest absolute Gasteiger partial charge is 0.231 e. The van der Waals surface area contributed by atoms with E-state index in [1.165, 1.54) is 0 Å². The lowest BCUT2D eigenvalue weighted by Gasteiger charge is -2.20. The van der Waals surface area contributed by atoms with Gasteiger partial charge in [0.25, 0.3) is 0 Å². The van der Waals surface area contributed by atoms with Gasteiger partial charge >= 0.3 is 0 Å². The molecule has 15 heavy (non-hydrogen) atoms. The molecular weight excluding hydrogens is 235 g/mol. The topological polar surface area (TPSA) is 42.0 Å². The Kier molecular flexibility index (Phi) is 3.94. The number of pyridine rings is 1. The van der Waals surface area contributed by atoms with Crippen LogP contribution in [0.3, 0.4) is 0 Å². The Morgan fingerprint density at radius 2 is 2.27 bits per heavy atom. The largest absolute Gasteiger partial charge is 0.323 e. The Morgan fingerprint density at radius 1 is 1.60 bits per heavy atom. The summed E-state index contributed by atoms with van der Waals surface area (Å²) in [7, 11) is 0. The zero-order valence-corrected chi connectivity index (χ0v) is 10.1. The van der Waals surface area contributed by atoms with Gasteiger partial charge in [0.1, 0.15) is 0 Å². The van der Waals surface area contributed by atoms with E-state index < -0.39 is 5.41 Å². The highest BCUT2D eigenvalue weighted by Crippen LogP contribution is 2.23. The molecule has 1 heterocycles. The van der Waals surface area contributed by atoms with E-state index in [0.29, 0.717) is 5.69 Å². The Bertz CT molecular complexity index is 366. The average Bonchev–Trinajstić information content (AvgIpc) is 2.21. The molecule has 0 spiro atoms. The first-order chi connectivity index (χ1) is 6.97. The number of halogens is 2. The van der Waals surface area contributed by atoms with Crippen LogP contribution in [0.15, 0.2) is 18.3 Å². The maximum atomic E-state index is 11.7. The fraction of sp³-hybridized carbons (Fsp3) is 0.400. The molecule has 0 saturated heterocycles. The van der Waals surface area contributed by atoms with Crippen LogP contribution in [0.25, 0.3) is 0 Å². The molecule has 82 valence electrons. The lowest BCUT2D eigenvalue weighted by Crippen LogP contribution is -2.32. The van der Waals surface area contributed by atoms with E-state index in [4.69, 9.17) is 23.2 Å². The van der Waals surface area contributed by atoms with Gasteiger partial charge in [0.15, 0.2) is 5.15 Å². The van der Waals surface area contributed by atoms with E-state index in [1.54, 1.807) is 32.2 Å². The van der Waals surface area contributed by atoms with Crippen molar-refractivity contribution in [2.45, 2.75) is 13.8 Å². The summed E-state index contributed by atoms with van der Waals surface area (Å²) in [5.74, 6) is 0.0730. The number of aromatic nitrogens is 1. The number of anilines is 1. The molecule has 0 aromatic carbocycles. The number of nitrogens with one attached hydrogen (secondary N) is 1. The SMILES string of the molecule is CC(C)(CCl)C(=O)Nc1cccnc1Cl. The zero-order chi connectivity index (χ0) is 11.5. The molecule has 5 heteroatoms. The van der Waals surface area contributed by atoms with E-state index in [1.807, 2.05) is 0 Å². The molecule has 0 aliphatic carbocycles. The first-order valence-corrected chi connectivity index (χ1v) is 5.36. The van der Waals surface area contributed by atoms with Gasteiger partial charge in [-0.05, 0) is 26.0 Å². The van der Waals surface area contributed by atoms with Gasteiger partial charge in [-0.1, -0.05) is 11.6 Å². The summed E-state index contributed by atoms with van der Waals surface area (Å²) in [5.41, 5.74) is -0.122. The highest BCUT2D eigenvalue weighted by Gasteiger charge is 2.26. The zero-order valence-electron chi connectivity index (χ0n) is 8.55. The van der Waals surface area contributed by atoms with Gasteiger partial charge < -0.3 is 5.32 Å². The third-order valence-electron chi connectivity index (χ3n) is 1.96. The molecule has 1 aromatic rings. The van der Waals surface area contributed by atoms with E-state index in [0.717, 1.165) is 0 Å². The van der Waals surface area contributed by atoms with E-state index in [9.17, 15) is 4.79 Å². The van der Waals surface area contributed by atoms with Crippen LogP contribution in [0.2, 0.25) is 5.15 Å². The molecule has 0 fully saturated rings. The highest BCUT2D eigenvalue weighted by molar-refractivity contribution is 6.32. The lowest BCUT2D eigenvalue weighted by molar-refractivity contribution is -0.122. The van der Waals surface area contributed by atoms with Crippen molar-refractivity contribution in [3.63, 3.8) is 0 Å². The van der Waals surface area contributed by atoms with Crippen LogP contribution < -0.4 is 5.32 Å². The predicted octanol–water partition coefficient (Wildman–Crippen LogP) is 2.94. The molecule has 1 aromatic heterocycles. The molecule has 0 bridgehead atoms. The van der Waals surface area contributed by atoms with Crippen molar-refractivity contribution in [2.75, 3.05) is 11.2 Å².